The number of aryl methyl sites for hydroxylation is 2. The highest BCUT2D eigenvalue weighted by molar-refractivity contribution is 5.77. The van der Waals surface area contributed by atoms with E-state index < -0.39 is 0 Å². The number of amides is 1. The average Bonchev–Trinajstić information content (AvgIpc) is 2.62. The first-order chi connectivity index (χ1) is 11.6. The average molecular weight is 323 g/mol. The molecule has 0 atom stereocenters. The molecule has 0 saturated carbocycles. The summed E-state index contributed by atoms with van der Waals surface area (Å²) in [6.07, 6.45) is 1.41. The lowest BCUT2D eigenvalue weighted by atomic mass is 10.0. The summed E-state index contributed by atoms with van der Waals surface area (Å²) in [5.74, 6) is 0.259. The van der Waals surface area contributed by atoms with Gasteiger partial charge in [0, 0.05) is 44.0 Å². The van der Waals surface area contributed by atoms with Crippen LogP contribution in [0.4, 0.5) is 11.4 Å². The molecule has 126 valence electrons. The van der Waals surface area contributed by atoms with Crippen LogP contribution in [-0.2, 0) is 11.2 Å². The lowest BCUT2D eigenvalue weighted by Crippen LogP contribution is -2.48. The standard InChI is InChI=1S/C20H25N3O/c1-16-4-2-3-5-17(16)6-11-20(24)23-14-12-22(13-15-23)19-9-7-18(21)8-10-19/h2-5,7-10H,6,11-15,21H2,1H3. The van der Waals surface area contributed by atoms with Crippen molar-refractivity contribution in [2.75, 3.05) is 36.8 Å². The number of hydrogen-bond acceptors (Lipinski definition) is 3. The number of benzene rings is 2. The maximum atomic E-state index is 12.5. The first-order valence-corrected chi connectivity index (χ1v) is 8.56. The van der Waals surface area contributed by atoms with E-state index in [0.29, 0.717) is 6.42 Å². The van der Waals surface area contributed by atoms with Gasteiger partial charge in [-0.3, -0.25) is 4.79 Å². The molecule has 0 aliphatic carbocycles. The van der Waals surface area contributed by atoms with E-state index in [0.717, 1.165) is 38.3 Å². The van der Waals surface area contributed by atoms with Crippen molar-refractivity contribution in [2.45, 2.75) is 19.8 Å². The molecule has 1 saturated heterocycles. The number of anilines is 2. The van der Waals surface area contributed by atoms with Crippen LogP contribution in [0.15, 0.2) is 48.5 Å². The molecule has 1 fully saturated rings. The number of carbonyl (C=O) groups is 1. The lowest BCUT2D eigenvalue weighted by molar-refractivity contribution is -0.131. The summed E-state index contributed by atoms with van der Waals surface area (Å²) < 4.78 is 0. The zero-order valence-electron chi connectivity index (χ0n) is 14.2. The molecule has 0 bridgehead atoms. The van der Waals surface area contributed by atoms with Crippen LogP contribution in [0.2, 0.25) is 0 Å². The van der Waals surface area contributed by atoms with Gasteiger partial charge < -0.3 is 15.5 Å². The molecular formula is C20H25N3O. The highest BCUT2D eigenvalue weighted by Gasteiger charge is 2.21. The molecule has 2 aromatic carbocycles. The van der Waals surface area contributed by atoms with E-state index in [9.17, 15) is 4.79 Å². The summed E-state index contributed by atoms with van der Waals surface area (Å²) in [5.41, 5.74) is 10.2. The Balaban J connectivity index is 1.50. The molecule has 0 unspecified atom stereocenters. The largest absolute Gasteiger partial charge is 0.399 e. The quantitative estimate of drug-likeness (QED) is 0.880. The fraction of sp³-hybridized carbons (Fsp3) is 0.350. The Bertz CT molecular complexity index is 688. The third-order valence-corrected chi connectivity index (χ3v) is 4.76. The van der Waals surface area contributed by atoms with Crippen LogP contribution in [0.3, 0.4) is 0 Å². The summed E-state index contributed by atoms with van der Waals surface area (Å²) in [5, 5.41) is 0. The third kappa shape index (κ3) is 3.88. The van der Waals surface area contributed by atoms with Gasteiger partial charge in [-0.25, -0.2) is 0 Å². The van der Waals surface area contributed by atoms with E-state index in [1.807, 2.05) is 41.3 Å². The van der Waals surface area contributed by atoms with Gasteiger partial charge >= 0.3 is 0 Å². The normalized spacial score (nSPS) is 14.7. The van der Waals surface area contributed by atoms with Gasteiger partial charge in [0.15, 0.2) is 0 Å². The lowest BCUT2D eigenvalue weighted by Gasteiger charge is -2.36. The van der Waals surface area contributed by atoms with Crippen LogP contribution < -0.4 is 10.6 Å². The van der Waals surface area contributed by atoms with Crippen molar-refractivity contribution >= 4 is 17.3 Å². The van der Waals surface area contributed by atoms with Crippen molar-refractivity contribution in [3.8, 4) is 0 Å². The van der Waals surface area contributed by atoms with Crippen molar-refractivity contribution in [1.29, 1.82) is 0 Å². The Kier molecular flexibility index (Phi) is 5.04. The number of nitrogens with two attached hydrogens (primary N) is 1. The first kappa shape index (κ1) is 16.4. The number of piperazine rings is 1. The van der Waals surface area contributed by atoms with Crippen molar-refractivity contribution in [1.82, 2.24) is 4.90 Å². The van der Waals surface area contributed by atoms with Gasteiger partial charge in [-0.1, -0.05) is 24.3 Å². The summed E-state index contributed by atoms with van der Waals surface area (Å²) in [6.45, 7) is 5.43. The molecule has 1 aliphatic heterocycles. The van der Waals surface area contributed by atoms with Crippen molar-refractivity contribution < 1.29 is 4.79 Å². The minimum Gasteiger partial charge on any atom is -0.399 e. The van der Waals surface area contributed by atoms with Gasteiger partial charge in [0.2, 0.25) is 5.91 Å². The first-order valence-electron chi connectivity index (χ1n) is 8.56. The SMILES string of the molecule is Cc1ccccc1CCC(=O)N1CCN(c2ccc(N)cc2)CC1. The molecule has 1 heterocycles. The van der Waals surface area contributed by atoms with E-state index in [1.165, 1.54) is 16.8 Å². The van der Waals surface area contributed by atoms with Crippen LogP contribution in [0.5, 0.6) is 0 Å². The third-order valence-electron chi connectivity index (χ3n) is 4.76. The zero-order valence-corrected chi connectivity index (χ0v) is 14.2. The maximum absolute atomic E-state index is 12.5. The summed E-state index contributed by atoms with van der Waals surface area (Å²) in [7, 11) is 0. The zero-order chi connectivity index (χ0) is 16.9. The van der Waals surface area contributed by atoms with Gasteiger partial charge in [0.25, 0.3) is 0 Å². The smallest absolute Gasteiger partial charge is 0.223 e. The Morgan fingerprint density at radius 3 is 2.33 bits per heavy atom. The van der Waals surface area contributed by atoms with E-state index in [2.05, 4.69) is 24.0 Å². The summed E-state index contributed by atoms with van der Waals surface area (Å²) in [4.78, 5) is 16.8. The Labute approximate surface area is 143 Å². The van der Waals surface area contributed by atoms with Crippen LogP contribution >= 0.6 is 0 Å². The van der Waals surface area contributed by atoms with Crippen LogP contribution in [-0.4, -0.2) is 37.0 Å². The monoisotopic (exact) mass is 323 g/mol. The molecule has 24 heavy (non-hydrogen) atoms. The van der Waals surface area contributed by atoms with Gasteiger partial charge in [-0.2, -0.15) is 0 Å². The molecule has 2 N–H and O–H groups in total. The molecule has 4 nitrogen and oxygen atoms in total. The molecule has 2 aromatic rings. The molecule has 0 radical (unpaired) electrons. The number of carbonyl (C=O) groups excluding carboxylic acids is 1. The number of nitrogen functional groups attached to an aromatic ring is 1. The predicted molar refractivity (Wildman–Crippen MR) is 99.1 cm³/mol. The summed E-state index contributed by atoms with van der Waals surface area (Å²) in [6, 6.07) is 16.2. The number of rotatable bonds is 4. The molecule has 0 aromatic heterocycles. The number of hydrogen-bond donors (Lipinski definition) is 1. The molecule has 1 aliphatic rings. The Hall–Kier alpha value is -2.49. The fourth-order valence-electron chi connectivity index (χ4n) is 3.19. The second-order valence-electron chi connectivity index (χ2n) is 6.39. The molecular weight excluding hydrogens is 298 g/mol. The fourth-order valence-corrected chi connectivity index (χ4v) is 3.19. The minimum absolute atomic E-state index is 0.259. The highest BCUT2D eigenvalue weighted by Crippen LogP contribution is 2.18. The molecule has 1 amide bonds. The second kappa shape index (κ2) is 7.39. The van der Waals surface area contributed by atoms with Crippen LogP contribution in [0.1, 0.15) is 17.5 Å². The second-order valence-corrected chi connectivity index (χ2v) is 6.39. The molecule has 4 heteroatoms. The van der Waals surface area contributed by atoms with E-state index in [-0.39, 0.29) is 5.91 Å². The molecule has 0 spiro atoms. The molecule has 3 rings (SSSR count). The van der Waals surface area contributed by atoms with E-state index >= 15 is 0 Å². The predicted octanol–water partition coefficient (Wildman–Crippen LogP) is 2.86. The van der Waals surface area contributed by atoms with Crippen LogP contribution in [0, 0.1) is 6.92 Å². The Morgan fingerprint density at radius 2 is 1.67 bits per heavy atom. The van der Waals surface area contributed by atoms with Crippen molar-refractivity contribution in [3.05, 3.63) is 59.7 Å². The highest BCUT2D eigenvalue weighted by atomic mass is 16.2. The minimum atomic E-state index is 0.259. The van der Waals surface area contributed by atoms with Gasteiger partial charge in [-0.05, 0) is 48.7 Å². The maximum Gasteiger partial charge on any atom is 0.223 e. The van der Waals surface area contributed by atoms with Crippen molar-refractivity contribution in [2.24, 2.45) is 0 Å². The van der Waals surface area contributed by atoms with E-state index in [4.69, 9.17) is 5.73 Å². The Morgan fingerprint density at radius 1 is 1.00 bits per heavy atom. The van der Waals surface area contributed by atoms with Crippen molar-refractivity contribution in [3.63, 3.8) is 0 Å². The summed E-state index contributed by atoms with van der Waals surface area (Å²) >= 11 is 0. The topological polar surface area (TPSA) is 49.6 Å². The van der Waals surface area contributed by atoms with Gasteiger partial charge in [0.05, 0.1) is 0 Å². The van der Waals surface area contributed by atoms with E-state index in [1.54, 1.807) is 0 Å². The van der Waals surface area contributed by atoms with Gasteiger partial charge in [-0.15, -0.1) is 0 Å². The van der Waals surface area contributed by atoms with Crippen LogP contribution in [0.25, 0.3) is 0 Å². The van der Waals surface area contributed by atoms with Gasteiger partial charge in [0.1, 0.15) is 0 Å². The number of nitrogens with zero attached hydrogens (tertiary/aromatic N) is 2.